The van der Waals surface area contributed by atoms with E-state index in [0.29, 0.717) is 0 Å². The number of hydrogen-bond donors (Lipinski definition) is 2. The number of phenols is 2. The molecular formula is C12H2Cl3F8NaO8S3. The average molecular weight is 652 g/mol. The van der Waals surface area contributed by atoms with Crippen LogP contribution in [0.25, 0.3) is 0 Å². The van der Waals surface area contributed by atoms with Gasteiger partial charge >= 0.3 is 29.6 Å². The molecule has 0 aliphatic carbocycles. The van der Waals surface area contributed by atoms with Gasteiger partial charge in [0.05, 0.1) is 0 Å². The number of aromatic hydroxyl groups is 2. The maximum Gasteiger partial charge on any atom is 1.00 e. The SMILES string of the molecule is O=S(=O)(Cl)c1c(F)c(F)c(O)c(F)c1F.O=S(=O)([O-])c1c(F)c(F)c(O)c(F)c1F.O=S(Cl)Cl.[Na+]. The average Bonchev–Trinajstić information content (AvgIpc) is 2.66. The van der Waals surface area contributed by atoms with E-state index in [2.05, 4.69) is 32.0 Å². The molecule has 0 unspecified atom stereocenters. The molecule has 0 fully saturated rings. The maximum atomic E-state index is 12.8. The second-order valence-corrected chi connectivity index (χ2v) is 11.3. The Labute approximate surface area is 227 Å². The number of benzene rings is 2. The van der Waals surface area contributed by atoms with Crippen LogP contribution in [-0.2, 0) is 28.4 Å². The van der Waals surface area contributed by atoms with Gasteiger partial charge in [0.15, 0.2) is 39.7 Å². The molecule has 0 spiro atoms. The van der Waals surface area contributed by atoms with Gasteiger partial charge in [-0.15, -0.1) is 0 Å². The van der Waals surface area contributed by atoms with Gasteiger partial charge < -0.3 is 14.8 Å². The molecule has 0 amide bonds. The van der Waals surface area contributed by atoms with Crippen molar-refractivity contribution in [3.63, 3.8) is 0 Å². The fraction of sp³-hybridized carbons (Fsp3) is 0. The number of hydrogen-bond acceptors (Lipinski definition) is 8. The molecule has 8 nitrogen and oxygen atoms in total. The monoisotopic (exact) mass is 650 g/mol. The van der Waals surface area contributed by atoms with Crippen molar-refractivity contribution in [2.75, 3.05) is 0 Å². The molecule has 2 N–H and O–H groups in total. The summed E-state index contributed by atoms with van der Waals surface area (Å²) in [5.41, 5.74) is 0. The summed E-state index contributed by atoms with van der Waals surface area (Å²) in [4.78, 5) is -4.27. The maximum absolute atomic E-state index is 12.8. The Hall–Kier alpha value is -0.640. The van der Waals surface area contributed by atoms with Crippen LogP contribution in [0, 0.1) is 46.5 Å². The number of phenolic OH excluding ortho intramolecular Hbond substituents is 2. The van der Waals surface area contributed by atoms with Crippen LogP contribution in [0.5, 0.6) is 11.5 Å². The molecule has 0 bridgehead atoms. The summed E-state index contributed by atoms with van der Waals surface area (Å²) in [5, 5.41) is 16.9. The van der Waals surface area contributed by atoms with Crippen LogP contribution in [0.15, 0.2) is 9.79 Å². The van der Waals surface area contributed by atoms with E-state index < -0.39 is 96.2 Å². The third-order valence-corrected chi connectivity index (χ3v) is 5.06. The van der Waals surface area contributed by atoms with E-state index in [9.17, 15) is 56.5 Å². The molecule has 0 saturated heterocycles. The first kappa shape index (κ1) is 36.5. The standard InChI is InChI=1S/C6HClF4O3S.C6H2F4O4S.Cl2OS.Na/c7-15(13,14)6-3(10)1(8)5(12)2(9)4(6)11;7-1-3(9)6(15(12,13)14)4(10)2(8)5(1)11;1-4(2)3;/h12H;11H,(H,12,13,14);;/q;;;+1/p-1. The van der Waals surface area contributed by atoms with Crippen molar-refractivity contribution in [2.24, 2.45) is 0 Å². The molecule has 0 saturated carbocycles. The Morgan fingerprint density at radius 3 is 1.00 bits per heavy atom. The summed E-state index contributed by atoms with van der Waals surface area (Å²) in [7, 11) is 1.19. The minimum Gasteiger partial charge on any atom is -0.744 e. The molecule has 0 aromatic heterocycles. The van der Waals surface area contributed by atoms with Gasteiger partial charge in [-0.3, -0.25) is 0 Å². The summed E-state index contributed by atoms with van der Waals surface area (Å²) < 4.78 is 162. The molecule has 23 heteroatoms. The molecule has 2 rings (SSSR count). The van der Waals surface area contributed by atoms with Crippen molar-refractivity contribution < 1.29 is 100 Å². The smallest absolute Gasteiger partial charge is 0.744 e. The Morgan fingerprint density at radius 1 is 0.629 bits per heavy atom. The molecule has 0 atom stereocenters. The van der Waals surface area contributed by atoms with Gasteiger partial charge in [0.25, 0.3) is 9.05 Å². The van der Waals surface area contributed by atoms with Crippen LogP contribution in [0.2, 0.25) is 0 Å². The van der Waals surface area contributed by atoms with Gasteiger partial charge in [0.2, 0.25) is 32.5 Å². The predicted molar refractivity (Wildman–Crippen MR) is 96.7 cm³/mol. The zero-order chi connectivity index (χ0) is 27.5. The minimum absolute atomic E-state index is 0. The van der Waals surface area contributed by atoms with Crippen molar-refractivity contribution in [3.05, 3.63) is 46.5 Å². The molecule has 0 aliphatic rings. The molecular weight excluding hydrogens is 650 g/mol. The summed E-state index contributed by atoms with van der Waals surface area (Å²) in [6, 6.07) is 0. The van der Waals surface area contributed by atoms with Gasteiger partial charge in [0, 0.05) is 32.0 Å². The van der Waals surface area contributed by atoms with Crippen molar-refractivity contribution in [1.29, 1.82) is 0 Å². The van der Waals surface area contributed by atoms with Gasteiger partial charge in [0.1, 0.15) is 15.0 Å². The van der Waals surface area contributed by atoms with Gasteiger partial charge in [-0.2, -0.15) is 17.6 Å². The van der Waals surface area contributed by atoms with Crippen molar-refractivity contribution >= 4 is 60.4 Å². The van der Waals surface area contributed by atoms with Crippen molar-refractivity contribution in [2.45, 2.75) is 9.79 Å². The van der Waals surface area contributed by atoms with Gasteiger partial charge in [-0.05, 0) is 0 Å². The van der Waals surface area contributed by atoms with E-state index in [-0.39, 0.29) is 29.6 Å². The van der Waals surface area contributed by atoms with Crippen molar-refractivity contribution in [1.82, 2.24) is 0 Å². The number of rotatable bonds is 2. The normalized spacial score (nSPS) is 11.1. The summed E-state index contributed by atoms with van der Waals surface area (Å²) in [6.45, 7) is 0. The largest absolute Gasteiger partial charge is 1.00 e. The first-order chi connectivity index (χ1) is 15.1. The Bertz CT molecular complexity index is 1200. The van der Waals surface area contributed by atoms with Crippen LogP contribution in [0.4, 0.5) is 35.1 Å². The summed E-state index contributed by atoms with van der Waals surface area (Å²) in [5.74, 6) is -22.6. The minimum atomic E-state index is -5.72. The van der Waals surface area contributed by atoms with E-state index in [0.717, 1.165) is 0 Å². The molecule has 2 aromatic rings. The predicted octanol–water partition coefficient (Wildman–Crippen LogP) is 0.775. The van der Waals surface area contributed by atoms with Crippen LogP contribution in [-0.4, -0.2) is 35.8 Å². The van der Waals surface area contributed by atoms with Gasteiger partial charge in [-0.25, -0.2) is 38.6 Å². The van der Waals surface area contributed by atoms with E-state index in [1.54, 1.807) is 0 Å². The van der Waals surface area contributed by atoms with Gasteiger partial charge in [-0.1, -0.05) is 0 Å². The van der Waals surface area contributed by atoms with Crippen LogP contribution in [0.3, 0.4) is 0 Å². The zero-order valence-corrected chi connectivity index (χ0v) is 22.4. The molecule has 0 heterocycles. The second-order valence-electron chi connectivity index (χ2n) is 4.94. The molecule has 0 radical (unpaired) electrons. The fourth-order valence-electron chi connectivity index (χ4n) is 1.63. The van der Waals surface area contributed by atoms with Crippen LogP contribution in [0.1, 0.15) is 0 Å². The van der Waals surface area contributed by atoms with E-state index >= 15 is 0 Å². The Balaban J connectivity index is 0. The summed E-state index contributed by atoms with van der Waals surface area (Å²) in [6.07, 6.45) is 0. The molecule has 0 aliphatic heterocycles. The molecule has 2 aromatic carbocycles. The van der Waals surface area contributed by atoms with E-state index in [1.807, 2.05) is 0 Å². The van der Waals surface area contributed by atoms with Crippen molar-refractivity contribution in [3.8, 4) is 11.5 Å². The van der Waals surface area contributed by atoms with E-state index in [1.165, 1.54) is 0 Å². The molecule has 194 valence electrons. The zero-order valence-electron chi connectivity index (χ0n) is 15.7. The second kappa shape index (κ2) is 13.8. The summed E-state index contributed by atoms with van der Waals surface area (Å²) >= 11 is 0. The third kappa shape index (κ3) is 9.31. The van der Waals surface area contributed by atoms with Crippen LogP contribution < -0.4 is 29.6 Å². The topological polar surface area (TPSA) is 149 Å². The first-order valence-electron chi connectivity index (χ1n) is 6.83. The number of halogens is 11. The fourth-order valence-corrected chi connectivity index (χ4v) is 3.27. The quantitative estimate of drug-likeness (QED) is 0.159. The van der Waals surface area contributed by atoms with E-state index in [4.69, 9.17) is 14.4 Å². The Morgan fingerprint density at radius 2 is 0.829 bits per heavy atom. The van der Waals surface area contributed by atoms with Crippen LogP contribution >= 0.6 is 32.0 Å². The first-order valence-corrected chi connectivity index (χ1v) is 13.4. The molecule has 35 heavy (non-hydrogen) atoms. The Kier molecular flexibility index (Phi) is 14.4. The third-order valence-electron chi connectivity index (χ3n) is 2.89.